The van der Waals surface area contributed by atoms with Gasteiger partial charge in [0.05, 0.1) is 23.7 Å². The van der Waals surface area contributed by atoms with E-state index in [0.717, 1.165) is 17.5 Å². The number of aliphatic carboxylic acids is 1. The van der Waals surface area contributed by atoms with Crippen molar-refractivity contribution in [2.24, 2.45) is 0 Å². The number of benzene rings is 1. The molecule has 0 saturated carbocycles. The Morgan fingerprint density at radius 1 is 1.39 bits per heavy atom. The lowest BCUT2D eigenvalue weighted by Gasteiger charge is -2.15. The smallest absolute Gasteiger partial charge is 0.305 e. The fourth-order valence-electron chi connectivity index (χ4n) is 1.74. The second-order valence-corrected chi connectivity index (χ2v) is 4.09. The first-order valence-electron chi connectivity index (χ1n) is 5.89. The normalized spacial score (nSPS) is 12.3. The molecule has 0 aliphatic carbocycles. The van der Waals surface area contributed by atoms with E-state index < -0.39 is 5.97 Å². The van der Waals surface area contributed by atoms with Crippen LogP contribution >= 0.6 is 0 Å². The number of nitrogens with one attached hydrogen (secondary N) is 1. The molecule has 1 unspecified atom stereocenters. The van der Waals surface area contributed by atoms with Crippen LogP contribution in [0.25, 0.3) is 11.0 Å². The number of fused-ring (bicyclic) bond motifs is 1. The van der Waals surface area contributed by atoms with E-state index >= 15 is 0 Å². The van der Waals surface area contributed by atoms with Gasteiger partial charge in [-0.2, -0.15) is 0 Å². The number of nitrogens with zero attached hydrogens (tertiary/aromatic N) is 2. The van der Waals surface area contributed by atoms with Gasteiger partial charge in [0.2, 0.25) is 0 Å². The van der Waals surface area contributed by atoms with Gasteiger partial charge in [-0.15, -0.1) is 0 Å². The molecule has 0 amide bonds. The topological polar surface area (TPSA) is 75.1 Å². The largest absolute Gasteiger partial charge is 0.481 e. The molecule has 18 heavy (non-hydrogen) atoms. The second kappa shape index (κ2) is 5.44. The van der Waals surface area contributed by atoms with Gasteiger partial charge in [0, 0.05) is 6.04 Å². The average molecular weight is 245 g/mol. The third-order valence-electron chi connectivity index (χ3n) is 2.71. The van der Waals surface area contributed by atoms with Crippen LogP contribution in [0.3, 0.4) is 0 Å². The molecule has 0 aliphatic rings. The van der Waals surface area contributed by atoms with E-state index in [0.29, 0.717) is 5.82 Å². The first-order valence-corrected chi connectivity index (χ1v) is 5.89. The Balaban J connectivity index is 2.17. The Bertz CT molecular complexity index is 557. The molecule has 1 atom stereocenters. The van der Waals surface area contributed by atoms with Crippen molar-refractivity contribution in [2.45, 2.75) is 25.8 Å². The summed E-state index contributed by atoms with van der Waals surface area (Å²) in [6, 6.07) is 7.45. The van der Waals surface area contributed by atoms with Gasteiger partial charge in [0.1, 0.15) is 5.82 Å². The maximum Gasteiger partial charge on any atom is 0.305 e. The molecule has 0 spiro atoms. The van der Waals surface area contributed by atoms with Crippen LogP contribution in [-0.4, -0.2) is 27.1 Å². The molecule has 0 saturated heterocycles. The molecule has 1 aromatic carbocycles. The molecule has 0 bridgehead atoms. The van der Waals surface area contributed by atoms with Crippen molar-refractivity contribution in [3.63, 3.8) is 0 Å². The van der Waals surface area contributed by atoms with E-state index in [4.69, 9.17) is 5.11 Å². The fourth-order valence-corrected chi connectivity index (χ4v) is 1.74. The SMILES string of the molecule is CCC(CC(=O)O)Nc1cnc2ccccc2n1. The second-order valence-electron chi connectivity index (χ2n) is 4.09. The van der Waals surface area contributed by atoms with Crippen LogP contribution in [0.2, 0.25) is 0 Å². The van der Waals surface area contributed by atoms with E-state index in [-0.39, 0.29) is 12.5 Å². The van der Waals surface area contributed by atoms with E-state index in [9.17, 15) is 4.79 Å². The van der Waals surface area contributed by atoms with Crippen LogP contribution < -0.4 is 5.32 Å². The van der Waals surface area contributed by atoms with Crippen molar-refractivity contribution < 1.29 is 9.90 Å². The van der Waals surface area contributed by atoms with Crippen LogP contribution in [-0.2, 0) is 4.79 Å². The van der Waals surface area contributed by atoms with Crippen molar-refractivity contribution in [3.8, 4) is 0 Å². The van der Waals surface area contributed by atoms with Crippen molar-refractivity contribution in [2.75, 3.05) is 5.32 Å². The number of anilines is 1. The molecule has 5 heteroatoms. The summed E-state index contributed by atoms with van der Waals surface area (Å²) in [7, 11) is 0. The van der Waals surface area contributed by atoms with Crippen LogP contribution in [0.4, 0.5) is 5.82 Å². The lowest BCUT2D eigenvalue weighted by Crippen LogP contribution is -2.22. The highest BCUT2D eigenvalue weighted by Crippen LogP contribution is 2.13. The molecule has 5 nitrogen and oxygen atoms in total. The first kappa shape index (κ1) is 12.3. The van der Waals surface area contributed by atoms with Crippen molar-refractivity contribution >= 4 is 22.8 Å². The quantitative estimate of drug-likeness (QED) is 0.845. The molecule has 0 radical (unpaired) electrons. The highest BCUT2D eigenvalue weighted by Gasteiger charge is 2.11. The van der Waals surface area contributed by atoms with E-state index in [1.165, 1.54) is 0 Å². The third kappa shape index (κ3) is 2.94. The van der Waals surface area contributed by atoms with E-state index in [2.05, 4.69) is 15.3 Å². The number of carboxylic acids is 1. The minimum atomic E-state index is -0.817. The van der Waals surface area contributed by atoms with E-state index in [1.807, 2.05) is 31.2 Å². The highest BCUT2D eigenvalue weighted by molar-refractivity contribution is 5.75. The van der Waals surface area contributed by atoms with Gasteiger partial charge in [0.25, 0.3) is 0 Å². The molecule has 1 aromatic heterocycles. The molecular formula is C13H15N3O2. The first-order chi connectivity index (χ1) is 8.69. The predicted molar refractivity (Wildman–Crippen MR) is 69.5 cm³/mol. The van der Waals surface area contributed by atoms with Crippen molar-refractivity contribution in [3.05, 3.63) is 30.5 Å². The molecule has 1 heterocycles. The number of carboxylic acid groups (broad SMARTS) is 1. The maximum absolute atomic E-state index is 10.7. The summed E-state index contributed by atoms with van der Waals surface area (Å²) >= 11 is 0. The molecule has 94 valence electrons. The molecular weight excluding hydrogens is 230 g/mol. The Morgan fingerprint density at radius 2 is 2.11 bits per heavy atom. The summed E-state index contributed by atoms with van der Waals surface area (Å²) in [5.41, 5.74) is 1.63. The minimum absolute atomic E-state index is 0.0744. The zero-order chi connectivity index (χ0) is 13.0. The number of rotatable bonds is 5. The van der Waals surface area contributed by atoms with Crippen molar-refractivity contribution in [1.29, 1.82) is 0 Å². The Labute approximate surface area is 105 Å². The van der Waals surface area contributed by atoms with Gasteiger partial charge < -0.3 is 10.4 Å². The number of para-hydroxylation sites is 2. The van der Waals surface area contributed by atoms with Crippen LogP contribution in [0.1, 0.15) is 19.8 Å². The summed E-state index contributed by atoms with van der Waals surface area (Å²) in [4.78, 5) is 19.4. The molecule has 2 aromatic rings. The third-order valence-corrected chi connectivity index (χ3v) is 2.71. The minimum Gasteiger partial charge on any atom is -0.481 e. The Hall–Kier alpha value is -2.17. The summed E-state index contributed by atoms with van der Waals surface area (Å²) in [6.45, 7) is 1.94. The summed E-state index contributed by atoms with van der Waals surface area (Å²) in [5.74, 6) is -0.204. The summed E-state index contributed by atoms with van der Waals surface area (Å²) in [6.07, 6.45) is 2.43. The van der Waals surface area contributed by atoms with Crippen LogP contribution in [0, 0.1) is 0 Å². The number of hydrogen-bond acceptors (Lipinski definition) is 4. The monoisotopic (exact) mass is 245 g/mol. The fraction of sp³-hybridized carbons (Fsp3) is 0.308. The Morgan fingerprint density at radius 3 is 2.78 bits per heavy atom. The van der Waals surface area contributed by atoms with Crippen LogP contribution in [0.5, 0.6) is 0 Å². The Kier molecular flexibility index (Phi) is 3.72. The lowest BCUT2D eigenvalue weighted by atomic mass is 10.1. The van der Waals surface area contributed by atoms with Gasteiger partial charge in [-0.25, -0.2) is 4.98 Å². The number of aromatic nitrogens is 2. The number of hydrogen-bond donors (Lipinski definition) is 2. The van der Waals surface area contributed by atoms with Gasteiger partial charge >= 0.3 is 5.97 Å². The average Bonchev–Trinajstić information content (AvgIpc) is 2.37. The van der Waals surface area contributed by atoms with Gasteiger partial charge in [-0.3, -0.25) is 9.78 Å². The number of carbonyl (C=O) groups is 1. The summed E-state index contributed by atoms with van der Waals surface area (Å²) < 4.78 is 0. The van der Waals surface area contributed by atoms with Gasteiger partial charge in [-0.05, 0) is 18.6 Å². The predicted octanol–water partition coefficient (Wildman–Crippen LogP) is 2.29. The van der Waals surface area contributed by atoms with Crippen molar-refractivity contribution in [1.82, 2.24) is 9.97 Å². The zero-order valence-corrected chi connectivity index (χ0v) is 10.1. The molecule has 0 aliphatic heterocycles. The summed E-state index contributed by atoms with van der Waals surface area (Å²) in [5, 5.41) is 11.9. The molecule has 2 N–H and O–H groups in total. The zero-order valence-electron chi connectivity index (χ0n) is 10.1. The van der Waals surface area contributed by atoms with Gasteiger partial charge in [-0.1, -0.05) is 19.1 Å². The lowest BCUT2D eigenvalue weighted by molar-refractivity contribution is -0.137. The standard InChI is InChI=1S/C13H15N3O2/c1-2-9(7-13(17)18)15-12-8-14-10-5-3-4-6-11(10)16-12/h3-6,8-9H,2,7H2,1H3,(H,15,16)(H,17,18). The molecule has 0 fully saturated rings. The highest BCUT2D eigenvalue weighted by atomic mass is 16.4. The van der Waals surface area contributed by atoms with E-state index in [1.54, 1.807) is 6.20 Å². The van der Waals surface area contributed by atoms with Crippen LogP contribution in [0.15, 0.2) is 30.5 Å². The molecule has 2 rings (SSSR count). The maximum atomic E-state index is 10.7. The van der Waals surface area contributed by atoms with Gasteiger partial charge in [0.15, 0.2) is 0 Å².